The molecule has 1 aliphatic rings. The summed E-state index contributed by atoms with van der Waals surface area (Å²) in [5, 5.41) is 0. The van der Waals surface area contributed by atoms with Gasteiger partial charge in [-0.1, -0.05) is 6.07 Å². The van der Waals surface area contributed by atoms with Crippen LogP contribution >= 0.6 is 0 Å². The fourth-order valence-corrected chi connectivity index (χ4v) is 2.82. The van der Waals surface area contributed by atoms with E-state index >= 15 is 0 Å². The summed E-state index contributed by atoms with van der Waals surface area (Å²) in [5.41, 5.74) is 4.85. The quantitative estimate of drug-likeness (QED) is 0.864. The van der Waals surface area contributed by atoms with Gasteiger partial charge in [-0.15, -0.1) is 0 Å². The van der Waals surface area contributed by atoms with E-state index in [4.69, 9.17) is 5.73 Å². The molecule has 2 rings (SSSR count). The lowest BCUT2D eigenvalue weighted by Gasteiger charge is -2.31. The molecule has 1 aromatic rings. The van der Waals surface area contributed by atoms with Crippen LogP contribution in [-0.2, 0) is 12.7 Å². The van der Waals surface area contributed by atoms with Crippen LogP contribution in [0.2, 0.25) is 0 Å². The number of nitrogens with zero attached hydrogens (tertiary/aromatic N) is 1. The molecule has 0 aliphatic carbocycles. The second-order valence-electron chi connectivity index (χ2n) is 5.61. The molecule has 0 atom stereocenters. The third kappa shape index (κ3) is 4.41. The fourth-order valence-electron chi connectivity index (χ4n) is 2.82. The molecule has 118 valence electrons. The zero-order chi connectivity index (χ0) is 15.5. The summed E-state index contributed by atoms with van der Waals surface area (Å²) in [6.45, 7) is 2.81. The summed E-state index contributed by atoms with van der Waals surface area (Å²) >= 11 is 0. The number of piperidine rings is 1. The van der Waals surface area contributed by atoms with Crippen LogP contribution in [0.15, 0.2) is 18.2 Å². The highest BCUT2D eigenvalue weighted by molar-refractivity contribution is 5.27. The Morgan fingerprint density at radius 3 is 2.43 bits per heavy atom. The van der Waals surface area contributed by atoms with Gasteiger partial charge in [0.1, 0.15) is 5.82 Å². The minimum absolute atomic E-state index is 0.429. The maximum Gasteiger partial charge on any atom is 0.419 e. The Kier molecular flexibility index (Phi) is 5.22. The van der Waals surface area contributed by atoms with Crippen molar-refractivity contribution in [2.24, 2.45) is 11.7 Å². The Morgan fingerprint density at radius 2 is 1.86 bits per heavy atom. The van der Waals surface area contributed by atoms with Crippen molar-refractivity contribution < 1.29 is 17.6 Å². The van der Waals surface area contributed by atoms with Crippen molar-refractivity contribution in [3.05, 3.63) is 35.1 Å². The van der Waals surface area contributed by atoms with Crippen molar-refractivity contribution in [1.29, 1.82) is 0 Å². The van der Waals surface area contributed by atoms with Crippen LogP contribution in [0.1, 0.15) is 30.4 Å². The Bertz CT molecular complexity index is 465. The maximum absolute atomic E-state index is 13.2. The predicted octanol–water partition coefficient (Wildman–Crippen LogP) is 3.41. The topological polar surface area (TPSA) is 29.3 Å². The van der Waals surface area contributed by atoms with Gasteiger partial charge in [-0.3, -0.25) is 4.90 Å². The minimum atomic E-state index is -4.64. The molecule has 0 amide bonds. The van der Waals surface area contributed by atoms with Crippen LogP contribution in [0.3, 0.4) is 0 Å². The second kappa shape index (κ2) is 6.75. The molecule has 1 fully saturated rings. The number of alkyl halides is 3. The van der Waals surface area contributed by atoms with Gasteiger partial charge in [-0.2, -0.15) is 13.2 Å². The van der Waals surface area contributed by atoms with Gasteiger partial charge in [0, 0.05) is 6.54 Å². The van der Waals surface area contributed by atoms with Crippen LogP contribution in [-0.4, -0.2) is 24.5 Å². The average molecular weight is 304 g/mol. The number of likely N-dealkylation sites (tertiary alicyclic amines) is 1. The van der Waals surface area contributed by atoms with Gasteiger partial charge in [0.25, 0.3) is 0 Å². The molecule has 2 nitrogen and oxygen atoms in total. The predicted molar refractivity (Wildman–Crippen MR) is 73.1 cm³/mol. The number of hydrogen-bond acceptors (Lipinski definition) is 2. The SMILES string of the molecule is NCCC1CCN(Cc2ccc(F)c(C(F)(F)F)c2)CC1. The maximum atomic E-state index is 13.2. The molecule has 1 heterocycles. The summed E-state index contributed by atoms with van der Waals surface area (Å²) in [4.78, 5) is 2.11. The van der Waals surface area contributed by atoms with E-state index < -0.39 is 17.6 Å². The van der Waals surface area contributed by atoms with Crippen molar-refractivity contribution in [3.8, 4) is 0 Å². The Hall–Kier alpha value is -1.14. The first kappa shape index (κ1) is 16.2. The van der Waals surface area contributed by atoms with Gasteiger partial charge >= 0.3 is 6.18 Å². The van der Waals surface area contributed by atoms with Gasteiger partial charge in [0.05, 0.1) is 5.56 Å². The second-order valence-corrected chi connectivity index (χ2v) is 5.61. The lowest BCUT2D eigenvalue weighted by molar-refractivity contribution is -0.140. The third-order valence-electron chi connectivity index (χ3n) is 4.02. The van der Waals surface area contributed by atoms with Crippen LogP contribution in [0, 0.1) is 11.7 Å². The van der Waals surface area contributed by atoms with E-state index in [1.165, 1.54) is 6.07 Å². The first-order chi connectivity index (χ1) is 9.90. The van der Waals surface area contributed by atoms with Crippen molar-refractivity contribution in [3.63, 3.8) is 0 Å². The number of halogens is 4. The molecule has 1 saturated heterocycles. The number of rotatable bonds is 4. The van der Waals surface area contributed by atoms with E-state index in [9.17, 15) is 17.6 Å². The average Bonchev–Trinajstić information content (AvgIpc) is 2.42. The van der Waals surface area contributed by atoms with E-state index in [0.29, 0.717) is 24.6 Å². The van der Waals surface area contributed by atoms with Crippen molar-refractivity contribution in [1.82, 2.24) is 4.90 Å². The smallest absolute Gasteiger partial charge is 0.330 e. The lowest BCUT2D eigenvalue weighted by Crippen LogP contribution is -2.33. The van der Waals surface area contributed by atoms with Crippen molar-refractivity contribution in [2.45, 2.75) is 32.0 Å². The van der Waals surface area contributed by atoms with Gasteiger partial charge in [0.15, 0.2) is 0 Å². The fraction of sp³-hybridized carbons (Fsp3) is 0.600. The molecule has 0 bridgehead atoms. The first-order valence-electron chi connectivity index (χ1n) is 7.18. The molecule has 0 spiro atoms. The molecular weight excluding hydrogens is 284 g/mol. The molecule has 6 heteroatoms. The van der Waals surface area contributed by atoms with Gasteiger partial charge in [-0.25, -0.2) is 4.39 Å². The highest BCUT2D eigenvalue weighted by Crippen LogP contribution is 2.32. The number of hydrogen-bond donors (Lipinski definition) is 1. The highest BCUT2D eigenvalue weighted by Gasteiger charge is 2.34. The minimum Gasteiger partial charge on any atom is -0.330 e. The molecule has 0 radical (unpaired) electrons. The van der Waals surface area contributed by atoms with Crippen LogP contribution in [0.5, 0.6) is 0 Å². The number of benzene rings is 1. The summed E-state index contributed by atoms with van der Waals surface area (Å²) in [6, 6.07) is 3.25. The summed E-state index contributed by atoms with van der Waals surface area (Å²) in [6.07, 6.45) is -1.61. The molecule has 2 N–H and O–H groups in total. The summed E-state index contributed by atoms with van der Waals surface area (Å²) < 4.78 is 51.3. The van der Waals surface area contributed by atoms with Gasteiger partial charge in [0.2, 0.25) is 0 Å². The summed E-state index contributed by atoms with van der Waals surface area (Å²) in [7, 11) is 0. The normalized spacial score (nSPS) is 18.1. The molecule has 1 aliphatic heterocycles. The van der Waals surface area contributed by atoms with E-state index in [0.717, 1.165) is 44.5 Å². The van der Waals surface area contributed by atoms with Gasteiger partial charge < -0.3 is 5.73 Å². The Balaban J connectivity index is 1.98. The molecule has 0 aromatic heterocycles. The molecule has 1 aromatic carbocycles. The van der Waals surface area contributed by atoms with E-state index in [2.05, 4.69) is 4.90 Å². The zero-order valence-corrected chi connectivity index (χ0v) is 11.8. The monoisotopic (exact) mass is 304 g/mol. The van der Waals surface area contributed by atoms with Crippen molar-refractivity contribution in [2.75, 3.05) is 19.6 Å². The molecule has 21 heavy (non-hydrogen) atoms. The van der Waals surface area contributed by atoms with Crippen molar-refractivity contribution >= 4 is 0 Å². The summed E-state index contributed by atoms with van der Waals surface area (Å²) in [5.74, 6) is -0.599. The largest absolute Gasteiger partial charge is 0.419 e. The zero-order valence-electron chi connectivity index (χ0n) is 11.8. The van der Waals surface area contributed by atoms with Crippen LogP contribution in [0.25, 0.3) is 0 Å². The third-order valence-corrected chi connectivity index (χ3v) is 4.02. The molecular formula is C15H20F4N2. The van der Waals surface area contributed by atoms with Gasteiger partial charge in [-0.05, 0) is 62.5 Å². The lowest BCUT2D eigenvalue weighted by atomic mass is 9.93. The highest BCUT2D eigenvalue weighted by atomic mass is 19.4. The molecule has 0 unspecified atom stereocenters. The Morgan fingerprint density at radius 1 is 1.19 bits per heavy atom. The first-order valence-corrected chi connectivity index (χ1v) is 7.18. The standard InChI is InChI=1S/C15H20F4N2/c16-14-2-1-12(9-13(14)15(17,18)19)10-21-7-4-11(3-6-20)5-8-21/h1-2,9,11H,3-8,10,20H2. The van der Waals surface area contributed by atoms with E-state index in [-0.39, 0.29) is 0 Å². The Labute approximate surface area is 121 Å². The van der Waals surface area contributed by atoms with Crippen LogP contribution < -0.4 is 5.73 Å². The van der Waals surface area contributed by atoms with E-state index in [1.54, 1.807) is 0 Å². The van der Waals surface area contributed by atoms with Crippen LogP contribution in [0.4, 0.5) is 17.6 Å². The number of nitrogens with two attached hydrogens (primary N) is 1. The molecule has 0 saturated carbocycles. The van der Waals surface area contributed by atoms with E-state index in [1.807, 2.05) is 0 Å².